The fourth-order valence-corrected chi connectivity index (χ4v) is 7.38. The minimum Gasteiger partial charge on any atom is -0.374 e. The molecule has 66 heavy (non-hydrogen) atoms. The van der Waals surface area contributed by atoms with Gasteiger partial charge in [0.05, 0.1) is 46.0 Å². The molecule has 0 aromatic heterocycles. The van der Waals surface area contributed by atoms with Crippen LogP contribution < -0.4 is 27.0 Å². The highest BCUT2D eigenvalue weighted by atomic mass is 16.6. The van der Waals surface area contributed by atoms with Crippen molar-refractivity contribution >= 4 is 29.5 Å². The van der Waals surface area contributed by atoms with Crippen molar-refractivity contribution in [1.29, 1.82) is 0 Å². The summed E-state index contributed by atoms with van der Waals surface area (Å²) in [5.74, 6) is -3.38. The van der Waals surface area contributed by atoms with Crippen LogP contribution in [0, 0.1) is 0 Å². The van der Waals surface area contributed by atoms with Gasteiger partial charge in [0, 0.05) is 5.56 Å². The molecule has 7 atom stereocenters. The van der Waals surface area contributed by atoms with Crippen LogP contribution >= 0.6 is 0 Å². The number of benzene rings is 5. The van der Waals surface area contributed by atoms with Gasteiger partial charge in [0.1, 0.15) is 36.5 Å². The minimum atomic E-state index is -2.00. The highest BCUT2D eigenvalue weighted by molar-refractivity contribution is 5.95. The maximum Gasteiger partial charge on any atom is 0.253 e. The molecule has 1 heterocycles. The molecule has 346 valence electrons. The summed E-state index contributed by atoms with van der Waals surface area (Å²) in [7, 11) is 0. The summed E-state index contributed by atoms with van der Waals surface area (Å²) in [5.41, 5.74) is 6.96. The molecule has 6 rings (SSSR count). The lowest BCUT2D eigenvalue weighted by Crippen LogP contribution is -2.73. The highest BCUT2D eigenvalue weighted by Crippen LogP contribution is 2.38. The number of ether oxygens (including phenoxy) is 5. The van der Waals surface area contributed by atoms with Gasteiger partial charge in [0.25, 0.3) is 5.91 Å². The lowest BCUT2D eigenvalue weighted by molar-refractivity contribution is -0.313. The van der Waals surface area contributed by atoms with Gasteiger partial charge in [-0.05, 0) is 48.2 Å². The molecule has 0 aliphatic carbocycles. The third-order valence-electron chi connectivity index (χ3n) is 10.8. The molecule has 5 aromatic rings. The van der Waals surface area contributed by atoms with Crippen molar-refractivity contribution in [2.75, 3.05) is 13.2 Å². The van der Waals surface area contributed by atoms with Crippen LogP contribution in [-0.2, 0) is 69.3 Å². The van der Waals surface area contributed by atoms with Crippen LogP contribution in [0.4, 0.5) is 0 Å². The van der Waals surface area contributed by atoms with E-state index in [2.05, 4.69) is 21.3 Å². The summed E-state index contributed by atoms with van der Waals surface area (Å²) in [6.45, 7) is 2.78. The zero-order valence-electron chi connectivity index (χ0n) is 37.0. The fraction of sp³-hybridized carbons (Fsp3) is 0.314. The van der Waals surface area contributed by atoms with Crippen molar-refractivity contribution in [3.63, 3.8) is 0 Å². The zero-order valence-corrected chi connectivity index (χ0v) is 37.0. The summed E-state index contributed by atoms with van der Waals surface area (Å²) in [6, 6.07) is 44.5. The maximum atomic E-state index is 14.5. The first kappa shape index (κ1) is 48.7. The molecule has 5 amide bonds. The van der Waals surface area contributed by atoms with Crippen molar-refractivity contribution in [2.45, 2.75) is 88.9 Å². The van der Waals surface area contributed by atoms with E-state index in [1.54, 1.807) is 30.3 Å². The van der Waals surface area contributed by atoms with E-state index in [1.165, 1.54) is 13.8 Å². The molecule has 0 radical (unpaired) electrons. The molecular weight excluding hydrogens is 843 g/mol. The van der Waals surface area contributed by atoms with E-state index in [4.69, 9.17) is 29.4 Å². The van der Waals surface area contributed by atoms with E-state index in [-0.39, 0.29) is 38.6 Å². The molecule has 1 saturated heterocycles. The molecule has 15 nitrogen and oxygen atoms in total. The smallest absolute Gasteiger partial charge is 0.253 e. The number of carbonyl (C=O) groups is 5. The van der Waals surface area contributed by atoms with E-state index in [0.29, 0.717) is 0 Å². The molecule has 0 unspecified atom stereocenters. The number of hydrogen-bond donors (Lipinski definition) is 5. The van der Waals surface area contributed by atoms with E-state index in [0.717, 1.165) is 22.3 Å². The van der Waals surface area contributed by atoms with E-state index in [1.807, 2.05) is 121 Å². The molecular formula is C51H57N5O10. The molecule has 1 aliphatic rings. The zero-order chi connectivity index (χ0) is 46.7. The Morgan fingerprint density at radius 1 is 0.591 bits per heavy atom. The molecule has 1 fully saturated rings. The number of rotatable bonds is 23. The number of carbonyl (C=O) groups excluding carboxylic acids is 5. The van der Waals surface area contributed by atoms with Crippen LogP contribution in [0.2, 0.25) is 0 Å². The van der Waals surface area contributed by atoms with Gasteiger partial charge in [-0.3, -0.25) is 24.0 Å². The third-order valence-corrected chi connectivity index (χ3v) is 10.8. The SMILES string of the molecule is C[C@H](NC(=O)CNC(=O)[C@H](C)NC(=O)C[C@]1(NC(=O)c2ccccc2)O[C@H](COCc2ccccc2)[C@H](OCc2ccccc2)[C@H](OCc2ccccc2)[C@H]1OCc1ccccc1)C(N)=O. The Labute approximate surface area is 384 Å². The predicted octanol–water partition coefficient (Wildman–Crippen LogP) is 4.49. The quantitative estimate of drug-likeness (QED) is 0.0622. The lowest BCUT2D eigenvalue weighted by Gasteiger charge is -2.52. The first-order chi connectivity index (χ1) is 32.0. The highest BCUT2D eigenvalue weighted by Gasteiger charge is 2.58. The molecule has 5 aromatic carbocycles. The van der Waals surface area contributed by atoms with Gasteiger partial charge in [-0.15, -0.1) is 0 Å². The molecule has 0 saturated carbocycles. The fourth-order valence-electron chi connectivity index (χ4n) is 7.38. The van der Waals surface area contributed by atoms with Crippen molar-refractivity contribution in [1.82, 2.24) is 21.3 Å². The average molecular weight is 900 g/mol. The van der Waals surface area contributed by atoms with Crippen molar-refractivity contribution in [3.8, 4) is 0 Å². The Morgan fingerprint density at radius 2 is 1.05 bits per heavy atom. The second-order valence-corrected chi connectivity index (χ2v) is 16.0. The van der Waals surface area contributed by atoms with E-state index in [9.17, 15) is 24.0 Å². The average Bonchev–Trinajstić information content (AvgIpc) is 3.33. The molecule has 0 spiro atoms. The van der Waals surface area contributed by atoms with Crippen LogP contribution in [0.15, 0.2) is 152 Å². The van der Waals surface area contributed by atoms with Gasteiger partial charge in [0.2, 0.25) is 23.6 Å². The summed E-state index contributed by atoms with van der Waals surface area (Å²) < 4.78 is 34.0. The summed E-state index contributed by atoms with van der Waals surface area (Å²) >= 11 is 0. The topological polar surface area (TPSA) is 206 Å². The standard InChI is InChI=1S/C51H57N5O10/c1-35(48(52)59)54-44(58)29-53-49(60)36(2)55-43(57)28-51(56-50(61)41-26-16-7-17-27-41)47(65-33-40-24-14-6-15-25-40)46(64-32-39-22-12-5-13-23-39)45(63-31-38-20-10-4-11-21-38)42(66-51)34-62-30-37-18-8-3-9-19-37/h3-27,35-36,42,45-47H,28-34H2,1-2H3,(H2,52,59)(H,53,60)(H,54,58)(H,55,57)(H,56,61)/t35-,36-,42+,45-,46-,47+,51-/m0/s1. The minimum absolute atomic E-state index is 0.0143. The normalized spacial score (nSPS) is 20.0. The number of amides is 5. The van der Waals surface area contributed by atoms with Crippen molar-refractivity contribution in [3.05, 3.63) is 179 Å². The van der Waals surface area contributed by atoms with Crippen molar-refractivity contribution < 1.29 is 47.7 Å². The Bertz CT molecular complexity index is 2310. The van der Waals surface area contributed by atoms with Crippen LogP contribution in [-0.4, -0.2) is 84.9 Å². The van der Waals surface area contributed by atoms with Crippen LogP contribution in [0.5, 0.6) is 0 Å². The van der Waals surface area contributed by atoms with Crippen LogP contribution in [0.25, 0.3) is 0 Å². The number of nitrogens with two attached hydrogens (primary N) is 1. The molecule has 15 heteroatoms. The Morgan fingerprint density at radius 3 is 1.56 bits per heavy atom. The van der Waals surface area contributed by atoms with E-state index < -0.39 is 84.7 Å². The van der Waals surface area contributed by atoms with E-state index >= 15 is 0 Å². The molecule has 0 bridgehead atoms. The van der Waals surface area contributed by atoms with Crippen LogP contribution in [0.3, 0.4) is 0 Å². The maximum absolute atomic E-state index is 14.5. The van der Waals surface area contributed by atoms with Gasteiger partial charge < -0.3 is 50.7 Å². The second-order valence-electron chi connectivity index (χ2n) is 16.0. The third kappa shape index (κ3) is 14.4. The Kier molecular flexibility index (Phi) is 18.1. The number of hydrogen-bond acceptors (Lipinski definition) is 10. The first-order valence-corrected chi connectivity index (χ1v) is 21.8. The van der Waals surface area contributed by atoms with Crippen molar-refractivity contribution in [2.24, 2.45) is 5.73 Å². The Hall–Kier alpha value is -6.75. The summed E-state index contributed by atoms with van der Waals surface area (Å²) in [6.07, 6.45) is -4.73. The van der Waals surface area contributed by atoms with Gasteiger partial charge >= 0.3 is 0 Å². The number of nitrogens with one attached hydrogen (secondary N) is 4. The lowest BCUT2D eigenvalue weighted by atomic mass is 9.86. The van der Waals surface area contributed by atoms with Crippen LogP contribution in [0.1, 0.15) is 52.9 Å². The van der Waals surface area contributed by atoms with Gasteiger partial charge in [0.15, 0.2) is 5.72 Å². The second kappa shape index (κ2) is 24.5. The predicted molar refractivity (Wildman–Crippen MR) is 245 cm³/mol. The van der Waals surface area contributed by atoms with Gasteiger partial charge in [-0.2, -0.15) is 0 Å². The van der Waals surface area contributed by atoms with Gasteiger partial charge in [-0.25, -0.2) is 0 Å². The monoisotopic (exact) mass is 899 g/mol. The molecule has 1 aliphatic heterocycles. The summed E-state index contributed by atoms with van der Waals surface area (Å²) in [4.78, 5) is 66.1. The first-order valence-electron chi connectivity index (χ1n) is 21.8. The summed E-state index contributed by atoms with van der Waals surface area (Å²) in [5, 5.41) is 10.6. The van der Waals surface area contributed by atoms with Gasteiger partial charge in [-0.1, -0.05) is 140 Å². The molecule has 6 N–H and O–H groups in total. The Balaban J connectivity index is 1.40. The largest absolute Gasteiger partial charge is 0.374 e. The number of primary amides is 1.